The van der Waals surface area contributed by atoms with Gasteiger partial charge < -0.3 is 5.73 Å². The molecule has 1 atom stereocenters. The van der Waals surface area contributed by atoms with Gasteiger partial charge >= 0.3 is 6.18 Å². The van der Waals surface area contributed by atoms with Crippen LogP contribution in [0.25, 0.3) is 0 Å². The Kier molecular flexibility index (Phi) is 3.05. The Labute approximate surface area is 77.7 Å². The average molecular weight is 208 g/mol. The van der Waals surface area contributed by atoms with Gasteiger partial charge in [-0.15, -0.1) is 0 Å². The van der Waals surface area contributed by atoms with E-state index < -0.39 is 24.6 Å². The molecule has 0 fully saturated rings. The Morgan fingerprint density at radius 2 is 2.00 bits per heavy atom. The highest BCUT2D eigenvalue weighted by Gasteiger charge is 2.32. The Bertz CT molecular complexity index is 293. The second-order valence-corrected chi connectivity index (χ2v) is 2.74. The van der Waals surface area contributed by atoms with E-state index in [1.807, 2.05) is 0 Å². The smallest absolute Gasteiger partial charge is 0.322 e. The molecule has 6 heteroatoms. The van der Waals surface area contributed by atoms with E-state index in [0.717, 1.165) is 18.3 Å². The van der Waals surface area contributed by atoms with E-state index in [2.05, 4.69) is 4.98 Å². The highest BCUT2D eigenvalue weighted by molar-refractivity contribution is 5.18. The molecule has 0 bridgehead atoms. The van der Waals surface area contributed by atoms with Crippen LogP contribution in [0.5, 0.6) is 0 Å². The monoisotopic (exact) mass is 208 g/mol. The zero-order valence-electron chi connectivity index (χ0n) is 7.05. The topological polar surface area (TPSA) is 38.9 Å². The van der Waals surface area contributed by atoms with Gasteiger partial charge in [0, 0.05) is 6.20 Å². The normalized spacial score (nSPS) is 14.1. The number of halogens is 4. The van der Waals surface area contributed by atoms with Gasteiger partial charge in [0.05, 0.1) is 6.04 Å². The number of nitrogens with zero attached hydrogens (tertiary/aromatic N) is 1. The molecule has 0 aliphatic carbocycles. The van der Waals surface area contributed by atoms with Crippen LogP contribution in [0.1, 0.15) is 17.3 Å². The van der Waals surface area contributed by atoms with Crippen molar-refractivity contribution in [2.45, 2.75) is 12.2 Å². The van der Waals surface area contributed by atoms with Gasteiger partial charge in [-0.2, -0.15) is 13.2 Å². The summed E-state index contributed by atoms with van der Waals surface area (Å²) in [6.45, 7) is -0.826. The van der Waals surface area contributed by atoms with Crippen molar-refractivity contribution in [1.82, 2.24) is 4.98 Å². The molecule has 2 N–H and O–H groups in total. The number of hydrogen-bond donors (Lipinski definition) is 1. The lowest BCUT2D eigenvalue weighted by molar-refractivity contribution is -0.141. The largest absolute Gasteiger partial charge is 0.433 e. The number of nitrogens with two attached hydrogens (primary N) is 1. The zero-order chi connectivity index (χ0) is 10.8. The van der Waals surface area contributed by atoms with Crippen LogP contribution in [0.4, 0.5) is 17.6 Å². The molecule has 0 saturated carbocycles. The first-order chi connectivity index (χ1) is 6.45. The molecule has 1 aromatic rings. The Balaban J connectivity index is 2.89. The second kappa shape index (κ2) is 3.91. The molecule has 0 saturated heterocycles. The van der Waals surface area contributed by atoms with Crippen LogP contribution in [0.3, 0.4) is 0 Å². The van der Waals surface area contributed by atoms with Crippen molar-refractivity contribution in [3.05, 3.63) is 29.6 Å². The lowest BCUT2D eigenvalue weighted by atomic mass is 10.1. The summed E-state index contributed by atoms with van der Waals surface area (Å²) in [5.41, 5.74) is 4.50. The molecule has 1 unspecified atom stereocenters. The fourth-order valence-corrected chi connectivity index (χ4v) is 0.881. The molecule has 0 amide bonds. The van der Waals surface area contributed by atoms with E-state index in [9.17, 15) is 17.6 Å². The van der Waals surface area contributed by atoms with Crippen LogP contribution in [0.15, 0.2) is 18.3 Å². The molecule has 14 heavy (non-hydrogen) atoms. The third kappa shape index (κ3) is 2.41. The summed E-state index contributed by atoms with van der Waals surface area (Å²) in [4.78, 5) is 3.15. The first kappa shape index (κ1) is 10.9. The Hall–Kier alpha value is -1.17. The molecule has 2 nitrogen and oxygen atoms in total. The summed E-state index contributed by atoms with van der Waals surface area (Å²) in [5.74, 6) is 0. The van der Waals surface area contributed by atoms with Gasteiger partial charge in [-0.25, -0.2) is 4.39 Å². The molecular formula is C8H8F4N2. The maximum atomic E-state index is 12.0. The van der Waals surface area contributed by atoms with Gasteiger partial charge in [-0.1, -0.05) is 6.07 Å². The van der Waals surface area contributed by atoms with Gasteiger partial charge in [0.1, 0.15) is 12.4 Å². The molecule has 0 aliphatic heterocycles. The van der Waals surface area contributed by atoms with Crippen molar-refractivity contribution < 1.29 is 17.6 Å². The van der Waals surface area contributed by atoms with Crippen molar-refractivity contribution in [1.29, 1.82) is 0 Å². The SMILES string of the molecule is NC(CF)c1ccc(C(F)(F)F)nc1. The minimum absolute atomic E-state index is 0.250. The van der Waals surface area contributed by atoms with E-state index >= 15 is 0 Å². The van der Waals surface area contributed by atoms with Gasteiger partial charge in [0.2, 0.25) is 0 Å². The van der Waals surface area contributed by atoms with Crippen LogP contribution in [0, 0.1) is 0 Å². The van der Waals surface area contributed by atoms with E-state index in [4.69, 9.17) is 5.73 Å². The third-order valence-corrected chi connectivity index (χ3v) is 1.67. The number of hydrogen-bond acceptors (Lipinski definition) is 2. The summed E-state index contributed by atoms with van der Waals surface area (Å²) in [5, 5.41) is 0. The number of aromatic nitrogens is 1. The Morgan fingerprint density at radius 3 is 2.36 bits per heavy atom. The van der Waals surface area contributed by atoms with Gasteiger partial charge in [0.15, 0.2) is 0 Å². The van der Waals surface area contributed by atoms with E-state index in [1.54, 1.807) is 0 Å². The van der Waals surface area contributed by atoms with E-state index in [-0.39, 0.29) is 5.56 Å². The molecular weight excluding hydrogens is 200 g/mol. The van der Waals surface area contributed by atoms with Crippen molar-refractivity contribution >= 4 is 0 Å². The quantitative estimate of drug-likeness (QED) is 0.755. The van der Waals surface area contributed by atoms with E-state index in [0.29, 0.717) is 0 Å². The molecule has 0 radical (unpaired) electrons. The summed E-state index contributed by atoms with van der Waals surface area (Å²) in [7, 11) is 0. The molecule has 1 aromatic heterocycles. The van der Waals surface area contributed by atoms with Crippen molar-refractivity contribution in [3.8, 4) is 0 Å². The summed E-state index contributed by atoms with van der Waals surface area (Å²) < 4.78 is 48.1. The predicted molar refractivity (Wildman–Crippen MR) is 42.1 cm³/mol. The van der Waals surface area contributed by atoms with Gasteiger partial charge in [-0.3, -0.25) is 4.98 Å². The molecule has 0 aliphatic rings. The summed E-state index contributed by atoms with van der Waals surface area (Å²) >= 11 is 0. The average Bonchev–Trinajstić information content (AvgIpc) is 2.15. The lowest BCUT2D eigenvalue weighted by Crippen LogP contribution is -2.14. The Morgan fingerprint density at radius 1 is 1.36 bits per heavy atom. The van der Waals surface area contributed by atoms with E-state index in [1.165, 1.54) is 0 Å². The molecule has 0 spiro atoms. The highest BCUT2D eigenvalue weighted by Crippen LogP contribution is 2.27. The predicted octanol–water partition coefficient (Wildman–Crippen LogP) is 2.07. The number of rotatable bonds is 2. The van der Waals surface area contributed by atoms with Crippen molar-refractivity contribution in [2.24, 2.45) is 5.73 Å². The molecule has 1 rings (SSSR count). The fraction of sp³-hybridized carbons (Fsp3) is 0.375. The molecule has 0 aromatic carbocycles. The zero-order valence-corrected chi connectivity index (χ0v) is 7.05. The minimum atomic E-state index is -4.47. The standard InChI is InChI=1S/C8H8F4N2/c9-3-6(13)5-1-2-7(14-4-5)8(10,11)12/h1-2,4,6H,3,13H2. The first-order valence-corrected chi connectivity index (χ1v) is 3.80. The van der Waals surface area contributed by atoms with Crippen molar-refractivity contribution in [2.75, 3.05) is 6.67 Å². The summed E-state index contributed by atoms with van der Waals surface area (Å²) in [6.07, 6.45) is -3.54. The van der Waals surface area contributed by atoms with Crippen LogP contribution in [-0.4, -0.2) is 11.7 Å². The third-order valence-electron chi connectivity index (χ3n) is 1.67. The van der Waals surface area contributed by atoms with Gasteiger partial charge in [0.25, 0.3) is 0 Å². The second-order valence-electron chi connectivity index (χ2n) is 2.74. The van der Waals surface area contributed by atoms with Crippen LogP contribution in [-0.2, 0) is 6.18 Å². The van der Waals surface area contributed by atoms with Gasteiger partial charge in [-0.05, 0) is 11.6 Å². The first-order valence-electron chi connectivity index (χ1n) is 3.80. The highest BCUT2D eigenvalue weighted by atomic mass is 19.4. The maximum absolute atomic E-state index is 12.0. The summed E-state index contributed by atoms with van der Waals surface area (Å²) in [6, 6.07) is 0.995. The number of pyridine rings is 1. The maximum Gasteiger partial charge on any atom is 0.433 e. The minimum Gasteiger partial charge on any atom is -0.322 e. The van der Waals surface area contributed by atoms with Crippen LogP contribution >= 0.6 is 0 Å². The number of alkyl halides is 4. The molecule has 1 heterocycles. The van der Waals surface area contributed by atoms with Crippen LogP contribution < -0.4 is 5.73 Å². The van der Waals surface area contributed by atoms with Crippen LogP contribution in [0.2, 0.25) is 0 Å². The molecule has 78 valence electrons. The lowest BCUT2D eigenvalue weighted by Gasteiger charge is -2.09. The fourth-order valence-electron chi connectivity index (χ4n) is 0.881. The van der Waals surface area contributed by atoms with Crippen molar-refractivity contribution in [3.63, 3.8) is 0 Å².